The van der Waals surface area contributed by atoms with Gasteiger partial charge < -0.3 is 14.8 Å². The number of benzene rings is 1. The highest BCUT2D eigenvalue weighted by atomic mass is 32.2. The minimum Gasteiger partial charge on any atom is -0.475 e. The Kier molecular flexibility index (Phi) is 6.70. The van der Waals surface area contributed by atoms with Crippen molar-refractivity contribution in [3.8, 4) is 5.88 Å². The first-order chi connectivity index (χ1) is 12.4. The van der Waals surface area contributed by atoms with Crippen LogP contribution in [0.15, 0.2) is 47.5 Å². The van der Waals surface area contributed by atoms with Gasteiger partial charge in [-0.25, -0.2) is 13.4 Å². The van der Waals surface area contributed by atoms with Crippen LogP contribution in [0.3, 0.4) is 0 Å². The maximum Gasteiger partial charge on any atom is 0.257 e. The largest absolute Gasteiger partial charge is 0.475 e. The van der Waals surface area contributed by atoms with E-state index in [0.717, 1.165) is 0 Å². The van der Waals surface area contributed by atoms with Crippen LogP contribution in [0.25, 0.3) is 0 Å². The highest BCUT2D eigenvalue weighted by Gasteiger charge is 2.25. The number of rotatable bonds is 8. The highest BCUT2D eigenvalue weighted by Crippen LogP contribution is 2.22. The van der Waals surface area contributed by atoms with Crippen LogP contribution in [0.1, 0.15) is 24.2 Å². The van der Waals surface area contributed by atoms with Gasteiger partial charge in [0, 0.05) is 13.2 Å². The van der Waals surface area contributed by atoms with Gasteiger partial charge in [-0.1, -0.05) is 12.1 Å². The molecule has 0 aliphatic carbocycles. The second kappa shape index (κ2) is 8.77. The van der Waals surface area contributed by atoms with Crippen molar-refractivity contribution in [2.75, 3.05) is 25.6 Å². The van der Waals surface area contributed by atoms with Crippen molar-refractivity contribution in [3.63, 3.8) is 0 Å². The molecule has 0 saturated heterocycles. The maximum absolute atomic E-state index is 12.5. The van der Waals surface area contributed by atoms with E-state index < -0.39 is 21.0 Å². The van der Waals surface area contributed by atoms with Crippen LogP contribution in [0.5, 0.6) is 5.88 Å². The van der Waals surface area contributed by atoms with Crippen molar-refractivity contribution in [1.82, 2.24) is 4.98 Å². The van der Waals surface area contributed by atoms with Crippen LogP contribution in [0, 0.1) is 0 Å². The zero-order valence-electron chi connectivity index (χ0n) is 14.9. The Balaban J connectivity index is 2.16. The van der Waals surface area contributed by atoms with Gasteiger partial charge in [0.1, 0.15) is 6.61 Å². The second-order valence-corrected chi connectivity index (χ2v) is 8.24. The summed E-state index contributed by atoms with van der Waals surface area (Å²) in [6.45, 7) is 3.98. The van der Waals surface area contributed by atoms with Crippen molar-refractivity contribution in [2.45, 2.75) is 24.0 Å². The molecule has 26 heavy (non-hydrogen) atoms. The number of carbonyl (C=O) groups is 1. The summed E-state index contributed by atoms with van der Waals surface area (Å²) >= 11 is 0. The van der Waals surface area contributed by atoms with Crippen LogP contribution in [0.2, 0.25) is 0 Å². The number of sulfone groups is 1. The lowest BCUT2D eigenvalue weighted by atomic mass is 10.2. The molecule has 0 aliphatic rings. The number of hydrogen-bond acceptors (Lipinski definition) is 6. The fraction of sp³-hybridized carbons (Fsp3) is 0.333. The third-order valence-corrected chi connectivity index (χ3v) is 5.80. The van der Waals surface area contributed by atoms with Crippen LogP contribution in [-0.2, 0) is 14.6 Å². The highest BCUT2D eigenvalue weighted by molar-refractivity contribution is 7.92. The van der Waals surface area contributed by atoms with Gasteiger partial charge in [0.15, 0.2) is 9.84 Å². The van der Waals surface area contributed by atoms with Crippen LogP contribution in [-0.4, -0.2) is 44.9 Å². The summed E-state index contributed by atoms with van der Waals surface area (Å²) in [7, 11) is -2.00. The first kappa shape index (κ1) is 19.9. The van der Waals surface area contributed by atoms with Crippen molar-refractivity contribution < 1.29 is 22.7 Å². The lowest BCUT2D eigenvalue weighted by Gasteiger charge is -2.13. The average molecular weight is 378 g/mol. The summed E-state index contributed by atoms with van der Waals surface area (Å²) in [6.07, 6.45) is 1.44. The van der Waals surface area contributed by atoms with Crippen molar-refractivity contribution >= 4 is 21.4 Å². The molecule has 1 heterocycles. The number of nitrogens with zero attached hydrogens (tertiary/aromatic N) is 1. The molecule has 0 saturated carbocycles. The van der Waals surface area contributed by atoms with Crippen molar-refractivity contribution in [3.05, 3.63) is 48.2 Å². The molecule has 1 aromatic heterocycles. The Morgan fingerprint density at radius 1 is 1.15 bits per heavy atom. The Morgan fingerprint density at radius 3 is 2.50 bits per heavy atom. The molecule has 1 aromatic carbocycles. The predicted molar refractivity (Wildman–Crippen MR) is 98.3 cm³/mol. The Bertz CT molecular complexity index is 848. The molecule has 0 radical (unpaired) electrons. The molecule has 0 spiro atoms. The minimum atomic E-state index is -3.57. The van der Waals surface area contributed by atoms with E-state index >= 15 is 0 Å². The smallest absolute Gasteiger partial charge is 0.257 e. The van der Waals surface area contributed by atoms with Gasteiger partial charge in [0.25, 0.3) is 5.91 Å². The zero-order chi connectivity index (χ0) is 19.2. The number of methoxy groups -OCH3 is 1. The van der Waals surface area contributed by atoms with Gasteiger partial charge in [-0.2, -0.15) is 0 Å². The zero-order valence-corrected chi connectivity index (χ0v) is 15.7. The Labute approximate surface area is 153 Å². The molecule has 0 unspecified atom stereocenters. The molecule has 1 amide bonds. The van der Waals surface area contributed by atoms with E-state index in [1.165, 1.54) is 18.3 Å². The number of ether oxygens (including phenoxy) is 2. The average Bonchev–Trinajstić information content (AvgIpc) is 2.63. The Morgan fingerprint density at radius 2 is 1.88 bits per heavy atom. The van der Waals surface area contributed by atoms with E-state index in [-0.39, 0.29) is 10.5 Å². The number of aromatic nitrogens is 1. The SMILES string of the molecule is COCCOc1ccc(NC(=O)c2ccccc2S(=O)(=O)C(C)C)cn1. The molecule has 1 N–H and O–H groups in total. The summed E-state index contributed by atoms with van der Waals surface area (Å²) in [4.78, 5) is 16.6. The van der Waals surface area contributed by atoms with Crippen LogP contribution < -0.4 is 10.1 Å². The van der Waals surface area contributed by atoms with E-state index in [1.807, 2.05) is 0 Å². The quantitative estimate of drug-likeness (QED) is 0.710. The van der Waals surface area contributed by atoms with Gasteiger partial charge in [-0.05, 0) is 32.0 Å². The van der Waals surface area contributed by atoms with Gasteiger partial charge >= 0.3 is 0 Å². The summed E-state index contributed by atoms with van der Waals surface area (Å²) in [5, 5.41) is 2.03. The first-order valence-electron chi connectivity index (χ1n) is 8.08. The Hall–Kier alpha value is -2.45. The number of amides is 1. The molecule has 0 aliphatic heterocycles. The molecule has 2 rings (SSSR count). The van der Waals surface area contributed by atoms with Gasteiger partial charge in [0.2, 0.25) is 5.88 Å². The van der Waals surface area contributed by atoms with E-state index in [0.29, 0.717) is 24.8 Å². The monoisotopic (exact) mass is 378 g/mol. The number of hydrogen-bond donors (Lipinski definition) is 1. The molecule has 8 heteroatoms. The number of nitrogens with one attached hydrogen (secondary N) is 1. The van der Waals surface area contributed by atoms with Gasteiger partial charge in [-0.3, -0.25) is 4.79 Å². The third-order valence-electron chi connectivity index (χ3n) is 3.59. The fourth-order valence-electron chi connectivity index (χ4n) is 2.12. The van der Waals surface area contributed by atoms with E-state index in [4.69, 9.17) is 9.47 Å². The standard InChI is InChI=1S/C18H22N2O5S/c1-13(2)26(22,23)16-7-5-4-6-15(16)18(21)20-14-8-9-17(19-12-14)25-11-10-24-3/h4-9,12-13H,10-11H2,1-3H3,(H,20,21). The summed E-state index contributed by atoms with van der Waals surface area (Å²) in [5.74, 6) is -0.109. The molecule has 0 bridgehead atoms. The molecular weight excluding hydrogens is 356 g/mol. The molecule has 0 atom stereocenters. The summed E-state index contributed by atoms with van der Waals surface area (Å²) in [6, 6.07) is 9.39. The van der Waals surface area contributed by atoms with E-state index in [9.17, 15) is 13.2 Å². The topological polar surface area (TPSA) is 94.6 Å². The summed E-state index contributed by atoms with van der Waals surface area (Å²) < 4.78 is 35.2. The molecular formula is C18H22N2O5S. The predicted octanol–water partition coefficient (Wildman–Crippen LogP) is 2.54. The van der Waals surface area contributed by atoms with E-state index in [1.54, 1.807) is 45.2 Å². The lowest BCUT2D eigenvalue weighted by molar-refractivity contribution is 0.102. The normalized spacial score (nSPS) is 11.4. The number of pyridine rings is 1. The minimum absolute atomic E-state index is 0.0139. The first-order valence-corrected chi connectivity index (χ1v) is 9.63. The van der Waals surface area contributed by atoms with Crippen LogP contribution >= 0.6 is 0 Å². The van der Waals surface area contributed by atoms with Gasteiger partial charge in [-0.15, -0.1) is 0 Å². The molecule has 2 aromatic rings. The van der Waals surface area contributed by atoms with Crippen molar-refractivity contribution in [2.24, 2.45) is 0 Å². The molecule has 140 valence electrons. The van der Waals surface area contributed by atoms with Crippen molar-refractivity contribution in [1.29, 1.82) is 0 Å². The molecule has 0 fully saturated rings. The molecule has 7 nitrogen and oxygen atoms in total. The van der Waals surface area contributed by atoms with Crippen LogP contribution in [0.4, 0.5) is 5.69 Å². The third kappa shape index (κ3) is 4.80. The maximum atomic E-state index is 12.5. The summed E-state index contributed by atoms with van der Waals surface area (Å²) in [5.41, 5.74) is 0.535. The lowest BCUT2D eigenvalue weighted by Crippen LogP contribution is -2.20. The second-order valence-electron chi connectivity index (χ2n) is 5.77. The number of carbonyl (C=O) groups excluding carboxylic acids is 1. The van der Waals surface area contributed by atoms with Gasteiger partial charge in [0.05, 0.1) is 34.2 Å². The number of anilines is 1. The fourth-order valence-corrected chi connectivity index (χ4v) is 3.37. The van der Waals surface area contributed by atoms with E-state index in [2.05, 4.69) is 10.3 Å².